The molecule has 4 aromatic heterocycles. The zero-order chi connectivity index (χ0) is 34.6. The molecule has 53 heavy (non-hydrogen) atoms. The lowest BCUT2D eigenvalue weighted by Crippen LogP contribution is -1.97. The number of benzene rings is 8. The fraction of sp³-hybridized carbons (Fsp3) is 0. The molecule has 0 aliphatic carbocycles. The number of nitrogens with zero attached hydrogens (tertiary/aromatic N) is 5. The molecule has 0 saturated heterocycles. The second kappa shape index (κ2) is 10.8. The van der Waals surface area contributed by atoms with E-state index in [0.29, 0.717) is 11.6 Å². The molecule has 12 aromatic rings. The molecule has 0 fully saturated rings. The van der Waals surface area contributed by atoms with Crippen molar-refractivity contribution in [3.8, 4) is 28.3 Å². The van der Waals surface area contributed by atoms with Crippen LogP contribution in [-0.2, 0) is 0 Å². The van der Waals surface area contributed by atoms with Crippen molar-refractivity contribution in [2.24, 2.45) is 0 Å². The van der Waals surface area contributed by atoms with Gasteiger partial charge in [-0.25, -0.2) is 4.98 Å². The minimum Gasteiger partial charge on any atom is -0.308 e. The Bertz CT molecular complexity index is 3460. The van der Waals surface area contributed by atoms with Gasteiger partial charge < -0.3 is 4.57 Å². The van der Waals surface area contributed by atoms with E-state index in [0.717, 1.165) is 44.2 Å². The van der Waals surface area contributed by atoms with E-state index in [2.05, 4.69) is 138 Å². The minimum absolute atomic E-state index is 0.583. The molecular formula is C47H27N5S. The average Bonchev–Trinajstić information content (AvgIpc) is 3.93. The summed E-state index contributed by atoms with van der Waals surface area (Å²) in [5.41, 5.74) is 7.51. The maximum Gasteiger partial charge on any atom is 0.253 e. The first kappa shape index (κ1) is 28.8. The standard InChI is InChI=1S/C47H27N5S/c1-2-12-28(13-3-1)43-36-17-7-10-20-39(36)52-47(48-43)49-46(50-52)31-23-22-30-27-32(25-24-29(30)26-31)51-38-19-9-6-16-35(38)41-33-14-4-5-15-34(33)42-37-18-8-11-21-40(37)53-45(42)44(41)51/h1-27H. The Balaban J connectivity index is 1.06. The van der Waals surface area contributed by atoms with Crippen LogP contribution in [0.1, 0.15) is 0 Å². The Morgan fingerprint density at radius 3 is 1.98 bits per heavy atom. The lowest BCUT2D eigenvalue weighted by molar-refractivity contribution is 0.989. The number of fused-ring (bicyclic) bond motifs is 14. The molecule has 0 amide bonds. The number of thiophene rings is 1. The number of hydrogen-bond donors (Lipinski definition) is 0. The summed E-state index contributed by atoms with van der Waals surface area (Å²) in [4.78, 5) is 9.98. The van der Waals surface area contributed by atoms with Gasteiger partial charge in [-0.05, 0) is 57.9 Å². The normalized spacial score (nSPS) is 12.2. The first-order valence-electron chi connectivity index (χ1n) is 17.8. The number of hydrogen-bond acceptors (Lipinski definition) is 4. The van der Waals surface area contributed by atoms with E-state index in [1.807, 2.05) is 46.2 Å². The summed E-state index contributed by atoms with van der Waals surface area (Å²) in [5, 5.41) is 16.1. The quantitative estimate of drug-likeness (QED) is 0.185. The topological polar surface area (TPSA) is 48.0 Å². The summed E-state index contributed by atoms with van der Waals surface area (Å²) in [5.74, 6) is 1.24. The van der Waals surface area contributed by atoms with Gasteiger partial charge >= 0.3 is 0 Å². The summed E-state index contributed by atoms with van der Waals surface area (Å²) >= 11 is 1.89. The van der Waals surface area contributed by atoms with Crippen molar-refractivity contribution in [2.45, 2.75) is 0 Å². The zero-order valence-electron chi connectivity index (χ0n) is 28.2. The van der Waals surface area contributed by atoms with Crippen LogP contribution in [0.2, 0.25) is 0 Å². The molecule has 8 aromatic carbocycles. The maximum atomic E-state index is 5.01. The van der Waals surface area contributed by atoms with Gasteiger partial charge in [0.25, 0.3) is 5.78 Å². The predicted octanol–water partition coefficient (Wildman–Crippen LogP) is 12.4. The maximum absolute atomic E-state index is 5.01. The molecule has 246 valence electrons. The first-order chi connectivity index (χ1) is 26.3. The third-order valence-electron chi connectivity index (χ3n) is 10.7. The molecular weight excluding hydrogens is 667 g/mol. The average molecular weight is 694 g/mol. The lowest BCUT2D eigenvalue weighted by atomic mass is 9.99. The van der Waals surface area contributed by atoms with Gasteiger partial charge in [0.1, 0.15) is 0 Å². The molecule has 0 spiro atoms. The van der Waals surface area contributed by atoms with Gasteiger partial charge in [-0.1, -0.05) is 127 Å². The predicted molar refractivity (Wildman–Crippen MR) is 221 cm³/mol. The van der Waals surface area contributed by atoms with E-state index in [1.165, 1.54) is 52.8 Å². The molecule has 4 heterocycles. The molecule has 6 heteroatoms. The Morgan fingerprint density at radius 2 is 1.13 bits per heavy atom. The summed E-state index contributed by atoms with van der Waals surface area (Å²) in [6.45, 7) is 0. The molecule has 5 nitrogen and oxygen atoms in total. The van der Waals surface area contributed by atoms with Crippen molar-refractivity contribution in [1.82, 2.24) is 24.1 Å². The third-order valence-corrected chi connectivity index (χ3v) is 11.9. The molecule has 0 N–H and O–H groups in total. The van der Waals surface area contributed by atoms with E-state index in [9.17, 15) is 0 Å². The number of aromatic nitrogens is 5. The van der Waals surface area contributed by atoms with Gasteiger partial charge in [-0.15, -0.1) is 16.4 Å². The Morgan fingerprint density at radius 1 is 0.472 bits per heavy atom. The van der Waals surface area contributed by atoms with Gasteiger partial charge in [-0.3, -0.25) is 0 Å². The monoisotopic (exact) mass is 693 g/mol. The highest BCUT2D eigenvalue weighted by Crippen LogP contribution is 2.48. The molecule has 0 radical (unpaired) electrons. The van der Waals surface area contributed by atoms with Crippen LogP contribution in [0.25, 0.3) is 109 Å². The van der Waals surface area contributed by atoms with Crippen LogP contribution in [0.5, 0.6) is 0 Å². The van der Waals surface area contributed by atoms with Crippen LogP contribution in [-0.4, -0.2) is 24.1 Å². The van der Waals surface area contributed by atoms with Gasteiger partial charge in [0.2, 0.25) is 0 Å². The Hall–Kier alpha value is -6.89. The van der Waals surface area contributed by atoms with Gasteiger partial charge in [0, 0.05) is 48.4 Å². The summed E-state index contributed by atoms with van der Waals surface area (Å²) < 4.78 is 6.97. The van der Waals surface area contributed by atoms with Crippen LogP contribution in [0.15, 0.2) is 164 Å². The Kier molecular flexibility index (Phi) is 5.87. The van der Waals surface area contributed by atoms with Gasteiger partial charge in [0.05, 0.1) is 26.9 Å². The largest absolute Gasteiger partial charge is 0.308 e. The van der Waals surface area contributed by atoms with Crippen molar-refractivity contribution < 1.29 is 0 Å². The van der Waals surface area contributed by atoms with Gasteiger partial charge in [0.15, 0.2) is 5.82 Å². The highest BCUT2D eigenvalue weighted by Gasteiger charge is 2.22. The van der Waals surface area contributed by atoms with Crippen molar-refractivity contribution in [3.63, 3.8) is 0 Å². The van der Waals surface area contributed by atoms with E-state index in [1.54, 1.807) is 0 Å². The smallest absolute Gasteiger partial charge is 0.253 e. The fourth-order valence-electron chi connectivity index (χ4n) is 8.40. The second-order valence-electron chi connectivity index (χ2n) is 13.7. The lowest BCUT2D eigenvalue weighted by Gasteiger charge is -2.11. The van der Waals surface area contributed by atoms with Crippen LogP contribution < -0.4 is 0 Å². The third kappa shape index (κ3) is 4.09. The summed E-state index contributed by atoms with van der Waals surface area (Å²) in [7, 11) is 0. The summed E-state index contributed by atoms with van der Waals surface area (Å²) in [6.07, 6.45) is 0. The first-order valence-corrected chi connectivity index (χ1v) is 18.6. The van der Waals surface area contributed by atoms with Crippen LogP contribution in [0, 0.1) is 0 Å². The van der Waals surface area contributed by atoms with Crippen LogP contribution in [0.4, 0.5) is 0 Å². The Labute approximate surface area is 306 Å². The van der Waals surface area contributed by atoms with Crippen LogP contribution >= 0.6 is 11.3 Å². The van der Waals surface area contributed by atoms with Crippen LogP contribution in [0.3, 0.4) is 0 Å². The van der Waals surface area contributed by atoms with E-state index in [-0.39, 0.29) is 0 Å². The van der Waals surface area contributed by atoms with Crippen molar-refractivity contribution in [2.75, 3.05) is 0 Å². The second-order valence-corrected chi connectivity index (χ2v) is 14.7. The zero-order valence-corrected chi connectivity index (χ0v) is 29.0. The molecule has 12 rings (SSSR count). The molecule has 0 unspecified atom stereocenters. The van der Waals surface area contributed by atoms with E-state index in [4.69, 9.17) is 15.1 Å². The van der Waals surface area contributed by atoms with Crippen molar-refractivity contribution >= 4 is 91.5 Å². The highest BCUT2D eigenvalue weighted by atomic mass is 32.1. The highest BCUT2D eigenvalue weighted by molar-refractivity contribution is 7.27. The number of para-hydroxylation sites is 2. The van der Waals surface area contributed by atoms with E-state index >= 15 is 0 Å². The summed E-state index contributed by atoms with van der Waals surface area (Å²) in [6, 6.07) is 58.4. The van der Waals surface area contributed by atoms with E-state index < -0.39 is 0 Å². The SMILES string of the molecule is c1ccc(-c2nc3nc(-c4ccc5cc(-n6c7ccccc7c7c8ccccc8c8c9ccccc9sc8c76)ccc5c4)nn3c3ccccc23)cc1. The molecule has 0 saturated carbocycles. The fourth-order valence-corrected chi connectivity index (χ4v) is 9.66. The molecule has 0 aliphatic rings. The van der Waals surface area contributed by atoms with Crippen molar-refractivity contribution in [3.05, 3.63) is 164 Å². The minimum atomic E-state index is 0.583. The van der Waals surface area contributed by atoms with Gasteiger partial charge in [-0.2, -0.15) is 9.50 Å². The van der Waals surface area contributed by atoms with Crippen molar-refractivity contribution in [1.29, 1.82) is 0 Å². The molecule has 0 aliphatic heterocycles. The molecule has 0 bridgehead atoms. The molecule has 0 atom stereocenters. The number of rotatable bonds is 3.